The van der Waals surface area contributed by atoms with E-state index in [1.165, 1.54) is 6.21 Å². The van der Waals surface area contributed by atoms with Gasteiger partial charge < -0.3 is 9.84 Å². The number of aromatic nitrogens is 1. The van der Waals surface area contributed by atoms with Gasteiger partial charge in [0.15, 0.2) is 11.0 Å². The molecule has 0 atom stereocenters. The first kappa shape index (κ1) is 16.7. The number of carbonyl (C=O) groups excluding carboxylic acids is 1. The van der Waals surface area contributed by atoms with Crippen molar-refractivity contribution < 1.29 is 19.0 Å². The highest BCUT2D eigenvalue weighted by molar-refractivity contribution is 6.34. The first-order valence-electron chi connectivity index (χ1n) is 6.59. The summed E-state index contributed by atoms with van der Waals surface area (Å²) in [7, 11) is 0. The fourth-order valence-electron chi connectivity index (χ4n) is 1.58. The Morgan fingerprint density at radius 3 is 2.82 bits per heavy atom. The molecule has 0 radical (unpaired) electrons. The second-order valence-electron chi connectivity index (χ2n) is 4.59. The summed E-state index contributed by atoms with van der Waals surface area (Å²) in [6, 6.07) is 1.03. The summed E-state index contributed by atoms with van der Waals surface area (Å²) in [5, 5.41) is 9.60. The average molecular weight is 347 g/mol. The van der Waals surface area contributed by atoms with E-state index >= 15 is 0 Å². The lowest BCUT2D eigenvalue weighted by Gasteiger charge is -2.08. The molecule has 0 amide bonds. The van der Waals surface area contributed by atoms with Crippen molar-refractivity contribution in [2.75, 3.05) is 6.61 Å². The van der Waals surface area contributed by atoms with Crippen molar-refractivity contribution in [2.24, 2.45) is 4.99 Å². The van der Waals surface area contributed by atoms with E-state index in [4.69, 9.17) is 27.9 Å². The predicted octanol–water partition coefficient (Wildman–Crippen LogP) is 3.59. The summed E-state index contributed by atoms with van der Waals surface area (Å²) in [6.45, 7) is 1.74. The number of halogens is 3. The second kappa shape index (κ2) is 7.07. The molecule has 8 heteroatoms. The third-order valence-electron chi connectivity index (χ3n) is 2.85. The minimum Gasteiger partial charge on any atom is -0.506 e. The smallest absolute Gasteiger partial charge is 0.343 e. The van der Waals surface area contributed by atoms with Gasteiger partial charge >= 0.3 is 5.97 Å². The molecule has 2 rings (SSSR count). The van der Waals surface area contributed by atoms with Gasteiger partial charge in [0.05, 0.1) is 18.2 Å². The average Bonchev–Trinajstić information content (AvgIpc) is 3.27. The van der Waals surface area contributed by atoms with Crippen molar-refractivity contribution in [1.29, 1.82) is 0 Å². The maximum absolute atomic E-state index is 13.5. The lowest BCUT2D eigenvalue weighted by molar-refractivity contribution is -0.137. The predicted molar refractivity (Wildman–Crippen MR) is 81.9 cm³/mol. The number of aliphatic imine (C=N–C) groups is 1. The van der Waals surface area contributed by atoms with Crippen molar-refractivity contribution in [3.8, 4) is 0 Å². The molecule has 1 saturated carbocycles. The molecule has 1 fully saturated rings. The number of hydrogen-bond donors (Lipinski definition) is 1. The minimum absolute atomic E-state index is 0.119. The van der Waals surface area contributed by atoms with Crippen LogP contribution in [0.15, 0.2) is 16.6 Å². The van der Waals surface area contributed by atoms with Gasteiger partial charge in [0.1, 0.15) is 16.5 Å². The second-order valence-corrected chi connectivity index (χ2v) is 5.31. The number of rotatable bonds is 5. The highest BCUT2D eigenvalue weighted by Gasteiger charge is 2.23. The number of hydrogen-bond acceptors (Lipinski definition) is 5. The third kappa shape index (κ3) is 3.96. The molecule has 0 bridgehead atoms. The van der Waals surface area contributed by atoms with E-state index in [-0.39, 0.29) is 28.9 Å². The number of ether oxygens (including phenoxy) is 1. The van der Waals surface area contributed by atoms with Crippen LogP contribution in [0.5, 0.6) is 0 Å². The Bertz CT molecular complexity index is 658. The molecule has 0 aliphatic heterocycles. The van der Waals surface area contributed by atoms with Crippen LogP contribution in [-0.4, -0.2) is 34.9 Å². The summed E-state index contributed by atoms with van der Waals surface area (Å²) in [5.74, 6) is -2.21. The Labute approximate surface area is 136 Å². The van der Waals surface area contributed by atoms with Crippen molar-refractivity contribution in [3.63, 3.8) is 0 Å². The van der Waals surface area contributed by atoms with Crippen molar-refractivity contribution in [2.45, 2.75) is 25.8 Å². The fourth-order valence-corrected chi connectivity index (χ4v) is 1.99. The molecule has 1 aromatic rings. The van der Waals surface area contributed by atoms with Crippen LogP contribution in [0.2, 0.25) is 10.3 Å². The number of aliphatic hydroxyl groups excluding tert-OH is 1. The summed E-state index contributed by atoms with van der Waals surface area (Å²) >= 11 is 11.4. The van der Waals surface area contributed by atoms with E-state index in [0.717, 1.165) is 18.9 Å². The molecule has 0 aromatic carbocycles. The fraction of sp³-hybridized carbons (Fsp3) is 0.357. The summed E-state index contributed by atoms with van der Waals surface area (Å²) in [5.41, 5.74) is -0.368. The van der Waals surface area contributed by atoms with Gasteiger partial charge in [0, 0.05) is 6.21 Å². The standard InChI is InChI=1S/C14H13Cl2FN2O3/c1-2-22-14(21)9(6-18-7-3-4-7)11(20)8-5-10(17)13(16)19-12(8)15/h5-7,20H,2-4H2,1H3. The van der Waals surface area contributed by atoms with Gasteiger partial charge in [0.25, 0.3) is 0 Å². The SMILES string of the molecule is CCOC(=O)C(C=NC1CC1)=C(O)c1cc(F)c(Cl)nc1Cl. The van der Waals surface area contributed by atoms with E-state index in [0.29, 0.717) is 0 Å². The van der Waals surface area contributed by atoms with E-state index in [1.54, 1.807) is 6.92 Å². The van der Waals surface area contributed by atoms with Crippen LogP contribution in [-0.2, 0) is 9.53 Å². The van der Waals surface area contributed by atoms with Gasteiger partial charge in [-0.25, -0.2) is 14.2 Å². The number of aliphatic hydroxyl groups is 1. The van der Waals surface area contributed by atoms with Gasteiger partial charge in [-0.2, -0.15) is 0 Å². The topological polar surface area (TPSA) is 71.8 Å². The van der Waals surface area contributed by atoms with Crippen LogP contribution in [0.1, 0.15) is 25.3 Å². The zero-order valence-corrected chi connectivity index (χ0v) is 13.2. The molecule has 0 unspecified atom stereocenters. The van der Waals surface area contributed by atoms with Crippen LogP contribution >= 0.6 is 23.2 Å². The number of pyridine rings is 1. The molecule has 5 nitrogen and oxygen atoms in total. The maximum Gasteiger partial charge on any atom is 0.343 e. The van der Waals surface area contributed by atoms with Crippen LogP contribution < -0.4 is 0 Å². The minimum atomic E-state index is -0.866. The monoisotopic (exact) mass is 346 g/mol. The quantitative estimate of drug-likeness (QED) is 0.290. The molecule has 22 heavy (non-hydrogen) atoms. The highest BCUT2D eigenvalue weighted by atomic mass is 35.5. The van der Waals surface area contributed by atoms with Crippen molar-refractivity contribution in [3.05, 3.63) is 33.3 Å². The molecule has 1 N–H and O–H groups in total. The van der Waals surface area contributed by atoms with Crippen LogP contribution in [0, 0.1) is 5.82 Å². The Morgan fingerprint density at radius 2 is 2.23 bits per heavy atom. The largest absolute Gasteiger partial charge is 0.506 e. The van der Waals surface area contributed by atoms with E-state index in [9.17, 15) is 14.3 Å². The van der Waals surface area contributed by atoms with E-state index < -0.39 is 22.7 Å². The van der Waals surface area contributed by atoms with Gasteiger partial charge in [-0.15, -0.1) is 0 Å². The summed E-state index contributed by atoms with van der Waals surface area (Å²) in [6.07, 6.45) is 3.06. The van der Waals surface area contributed by atoms with Gasteiger partial charge in [-0.1, -0.05) is 23.2 Å². The molecule has 118 valence electrons. The summed E-state index contributed by atoms with van der Waals surface area (Å²) < 4.78 is 18.4. The molecule has 1 aliphatic carbocycles. The lowest BCUT2D eigenvalue weighted by atomic mass is 10.1. The maximum atomic E-state index is 13.5. The van der Waals surface area contributed by atoms with Crippen molar-refractivity contribution >= 4 is 41.1 Å². The molecular weight excluding hydrogens is 334 g/mol. The van der Waals surface area contributed by atoms with Gasteiger partial charge in [-0.05, 0) is 25.8 Å². The van der Waals surface area contributed by atoms with E-state index in [1.807, 2.05) is 0 Å². The summed E-state index contributed by atoms with van der Waals surface area (Å²) in [4.78, 5) is 19.6. The Hall–Kier alpha value is -1.66. The molecule has 1 aromatic heterocycles. The highest BCUT2D eigenvalue weighted by Crippen LogP contribution is 2.28. The molecule has 1 heterocycles. The first-order valence-corrected chi connectivity index (χ1v) is 7.35. The van der Waals surface area contributed by atoms with Gasteiger partial charge in [0.2, 0.25) is 0 Å². The number of esters is 1. The zero-order valence-electron chi connectivity index (χ0n) is 11.6. The normalized spacial score (nSPS) is 15.8. The molecule has 0 spiro atoms. The van der Waals surface area contributed by atoms with Crippen LogP contribution in [0.3, 0.4) is 0 Å². The van der Waals surface area contributed by atoms with E-state index in [2.05, 4.69) is 9.98 Å². The lowest BCUT2D eigenvalue weighted by Crippen LogP contribution is -2.12. The van der Waals surface area contributed by atoms with Crippen molar-refractivity contribution in [1.82, 2.24) is 4.98 Å². The Kier molecular flexibility index (Phi) is 5.37. The Morgan fingerprint density at radius 1 is 1.55 bits per heavy atom. The molecular formula is C14H13Cl2FN2O3. The first-order chi connectivity index (χ1) is 10.4. The third-order valence-corrected chi connectivity index (χ3v) is 3.41. The number of nitrogens with zero attached hydrogens (tertiary/aromatic N) is 2. The molecule has 0 saturated heterocycles. The van der Waals surface area contributed by atoms with Crippen LogP contribution in [0.25, 0.3) is 5.76 Å². The molecule has 1 aliphatic rings. The van der Waals surface area contributed by atoms with Crippen LogP contribution in [0.4, 0.5) is 4.39 Å². The Balaban J connectivity index is 2.47. The van der Waals surface area contributed by atoms with Gasteiger partial charge in [-0.3, -0.25) is 4.99 Å². The zero-order chi connectivity index (χ0) is 16.3. The number of carbonyl (C=O) groups is 1.